The topological polar surface area (TPSA) is 86.7 Å². The van der Waals surface area contributed by atoms with E-state index < -0.39 is 17.9 Å². The highest BCUT2D eigenvalue weighted by Crippen LogP contribution is 2.22. The summed E-state index contributed by atoms with van der Waals surface area (Å²) < 4.78 is 0. The van der Waals surface area contributed by atoms with E-state index in [1.165, 1.54) is 0 Å². The lowest BCUT2D eigenvalue weighted by atomic mass is 9.95. The maximum Gasteiger partial charge on any atom is 0.306 e. The first-order valence-corrected chi connectivity index (χ1v) is 8.98. The highest BCUT2D eigenvalue weighted by molar-refractivity contribution is 5.97. The van der Waals surface area contributed by atoms with Gasteiger partial charge in [-0.1, -0.05) is 48.5 Å². The van der Waals surface area contributed by atoms with E-state index >= 15 is 0 Å². The van der Waals surface area contributed by atoms with Crippen LogP contribution in [0.3, 0.4) is 0 Å². The molecular formula is C21H22N2O4. The van der Waals surface area contributed by atoms with Crippen LogP contribution in [0.5, 0.6) is 0 Å². The molecule has 1 aliphatic rings. The van der Waals surface area contributed by atoms with Gasteiger partial charge in [-0.15, -0.1) is 0 Å². The monoisotopic (exact) mass is 366 g/mol. The fourth-order valence-electron chi connectivity index (χ4n) is 3.27. The minimum Gasteiger partial charge on any atom is -0.481 e. The van der Waals surface area contributed by atoms with Crippen LogP contribution in [0.4, 0.5) is 0 Å². The molecule has 1 saturated heterocycles. The largest absolute Gasteiger partial charge is 0.481 e. The van der Waals surface area contributed by atoms with Crippen LogP contribution < -0.4 is 5.32 Å². The molecule has 0 radical (unpaired) electrons. The number of carbonyl (C=O) groups is 3. The number of carboxylic acid groups (broad SMARTS) is 1. The Kier molecular flexibility index (Phi) is 5.86. The number of aliphatic carboxylic acids is 1. The lowest BCUT2D eigenvalue weighted by Crippen LogP contribution is -2.46. The van der Waals surface area contributed by atoms with Gasteiger partial charge < -0.3 is 15.3 Å². The van der Waals surface area contributed by atoms with Crippen molar-refractivity contribution in [2.75, 3.05) is 13.1 Å². The summed E-state index contributed by atoms with van der Waals surface area (Å²) in [4.78, 5) is 38.5. The summed E-state index contributed by atoms with van der Waals surface area (Å²) in [5, 5.41) is 12.0. The van der Waals surface area contributed by atoms with Crippen LogP contribution in [-0.4, -0.2) is 40.9 Å². The molecule has 1 atom stereocenters. The van der Waals surface area contributed by atoms with Gasteiger partial charge >= 0.3 is 5.97 Å². The van der Waals surface area contributed by atoms with Crippen LogP contribution in [0.25, 0.3) is 0 Å². The van der Waals surface area contributed by atoms with Crippen LogP contribution >= 0.6 is 0 Å². The number of carbonyl (C=O) groups excluding carboxylic acids is 2. The summed E-state index contributed by atoms with van der Waals surface area (Å²) in [6.07, 6.45) is 0.852. The molecule has 1 unspecified atom stereocenters. The van der Waals surface area contributed by atoms with Gasteiger partial charge in [-0.25, -0.2) is 0 Å². The van der Waals surface area contributed by atoms with E-state index in [4.69, 9.17) is 5.11 Å². The lowest BCUT2D eigenvalue weighted by molar-refractivity contribution is -0.146. The third kappa shape index (κ3) is 4.53. The van der Waals surface area contributed by atoms with Crippen molar-refractivity contribution in [3.05, 3.63) is 71.8 Å². The Morgan fingerprint density at radius 3 is 2.04 bits per heavy atom. The Balaban J connectivity index is 1.77. The molecule has 2 N–H and O–H groups in total. The van der Waals surface area contributed by atoms with E-state index in [1.54, 1.807) is 41.3 Å². The minimum absolute atomic E-state index is 0.214. The highest BCUT2D eigenvalue weighted by atomic mass is 16.4. The number of nitrogens with zero attached hydrogens (tertiary/aromatic N) is 1. The summed E-state index contributed by atoms with van der Waals surface area (Å²) in [7, 11) is 0. The second-order valence-electron chi connectivity index (χ2n) is 6.62. The molecule has 1 heterocycles. The normalized spacial score (nSPS) is 15.8. The molecule has 1 fully saturated rings. The molecule has 2 amide bonds. The summed E-state index contributed by atoms with van der Waals surface area (Å²) in [5.41, 5.74) is 1.18. The molecule has 2 aromatic rings. The summed E-state index contributed by atoms with van der Waals surface area (Å²) in [6.45, 7) is 0.751. The van der Waals surface area contributed by atoms with Gasteiger partial charge in [-0.2, -0.15) is 0 Å². The predicted molar refractivity (Wildman–Crippen MR) is 100 cm³/mol. The molecule has 2 aromatic carbocycles. The Labute approximate surface area is 157 Å². The second-order valence-corrected chi connectivity index (χ2v) is 6.62. The van der Waals surface area contributed by atoms with E-state index in [2.05, 4.69) is 5.32 Å². The average Bonchev–Trinajstić information content (AvgIpc) is 2.72. The Bertz CT molecular complexity index is 799. The van der Waals surface area contributed by atoms with Crippen molar-refractivity contribution in [2.45, 2.75) is 18.9 Å². The van der Waals surface area contributed by atoms with Gasteiger partial charge in [-0.3, -0.25) is 14.4 Å². The third-order valence-electron chi connectivity index (χ3n) is 4.85. The fourth-order valence-corrected chi connectivity index (χ4v) is 3.27. The number of hydrogen-bond acceptors (Lipinski definition) is 3. The average molecular weight is 366 g/mol. The molecule has 140 valence electrons. The standard InChI is InChI=1S/C21H22N2O4/c24-19(16-9-5-2-6-10-16)22-18(15-7-3-1-4-8-15)20(25)23-13-11-17(12-14-23)21(26)27/h1-10,17-18H,11-14H2,(H,22,24)(H,26,27). The predicted octanol–water partition coefficient (Wildman–Crippen LogP) is 2.48. The van der Waals surface area contributed by atoms with Crippen LogP contribution in [-0.2, 0) is 9.59 Å². The zero-order valence-corrected chi connectivity index (χ0v) is 14.9. The lowest BCUT2D eigenvalue weighted by Gasteiger charge is -2.33. The van der Waals surface area contributed by atoms with Crippen LogP contribution in [0.15, 0.2) is 60.7 Å². The molecular weight excluding hydrogens is 344 g/mol. The Morgan fingerprint density at radius 2 is 1.48 bits per heavy atom. The quantitative estimate of drug-likeness (QED) is 0.851. The maximum absolute atomic E-state index is 13.1. The van der Waals surface area contributed by atoms with Crippen molar-refractivity contribution in [2.24, 2.45) is 5.92 Å². The molecule has 0 aliphatic carbocycles. The van der Waals surface area contributed by atoms with Gasteiger partial charge in [0, 0.05) is 18.7 Å². The molecule has 0 spiro atoms. The van der Waals surface area contributed by atoms with Crippen molar-refractivity contribution in [1.82, 2.24) is 10.2 Å². The Hall–Kier alpha value is -3.15. The van der Waals surface area contributed by atoms with E-state index in [9.17, 15) is 14.4 Å². The zero-order valence-electron chi connectivity index (χ0n) is 14.9. The molecule has 6 nitrogen and oxygen atoms in total. The molecule has 0 bridgehead atoms. The van der Waals surface area contributed by atoms with E-state index in [1.807, 2.05) is 24.3 Å². The Morgan fingerprint density at radius 1 is 0.926 bits per heavy atom. The van der Waals surface area contributed by atoms with Crippen molar-refractivity contribution < 1.29 is 19.5 Å². The van der Waals surface area contributed by atoms with Gasteiger partial charge in [0.1, 0.15) is 6.04 Å². The van der Waals surface area contributed by atoms with Crippen molar-refractivity contribution in [3.8, 4) is 0 Å². The summed E-state index contributed by atoms with van der Waals surface area (Å²) in [5.74, 6) is -1.77. The number of carboxylic acids is 1. The van der Waals surface area contributed by atoms with Crippen LogP contribution in [0.2, 0.25) is 0 Å². The first kappa shape index (κ1) is 18.6. The first-order valence-electron chi connectivity index (χ1n) is 8.98. The van der Waals surface area contributed by atoms with E-state index in [0.29, 0.717) is 37.1 Å². The molecule has 0 aromatic heterocycles. The van der Waals surface area contributed by atoms with E-state index in [-0.39, 0.29) is 11.8 Å². The summed E-state index contributed by atoms with van der Waals surface area (Å²) >= 11 is 0. The first-order chi connectivity index (χ1) is 13.1. The molecule has 6 heteroatoms. The number of likely N-dealkylation sites (tertiary alicyclic amines) is 1. The summed E-state index contributed by atoms with van der Waals surface area (Å²) in [6, 6.07) is 17.0. The molecule has 27 heavy (non-hydrogen) atoms. The second kappa shape index (κ2) is 8.49. The number of hydrogen-bond donors (Lipinski definition) is 2. The number of piperidine rings is 1. The zero-order chi connectivity index (χ0) is 19.2. The highest BCUT2D eigenvalue weighted by Gasteiger charge is 2.32. The number of amides is 2. The van der Waals surface area contributed by atoms with Crippen LogP contribution in [0, 0.1) is 5.92 Å². The molecule has 1 aliphatic heterocycles. The fraction of sp³-hybridized carbons (Fsp3) is 0.286. The SMILES string of the molecule is O=C(NC(C(=O)N1CCC(C(=O)O)CC1)c1ccccc1)c1ccccc1. The molecule has 3 rings (SSSR count). The number of rotatable bonds is 5. The van der Waals surface area contributed by atoms with Crippen LogP contribution in [0.1, 0.15) is 34.8 Å². The van der Waals surface area contributed by atoms with E-state index in [0.717, 1.165) is 0 Å². The van der Waals surface area contributed by atoms with Crippen molar-refractivity contribution in [3.63, 3.8) is 0 Å². The smallest absolute Gasteiger partial charge is 0.306 e. The number of nitrogens with one attached hydrogen (secondary N) is 1. The van der Waals surface area contributed by atoms with Gasteiger partial charge in [0.05, 0.1) is 5.92 Å². The van der Waals surface area contributed by atoms with Crippen molar-refractivity contribution in [1.29, 1.82) is 0 Å². The van der Waals surface area contributed by atoms with Gasteiger partial charge in [0.15, 0.2) is 0 Å². The maximum atomic E-state index is 13.1. The van der Waals surface area contributed by atoms with Gasteiger partial charge in [0.25, 0.3) is 5.91 Å². The van der Waals surface area contributed by atoms with Gasteiger partial charge in [-0.05, 0) is 30.5 Å². The number of benzene rings is 2. The van der Waals surface area contributed by atoms with Crippen molar-refractivity contribution >= 4 is 17.8 Å². The third-order valence-corrected chi connectivity index (χ3v) is 4.85. The minimum atomic E-state index is -0.820. The van der Waals surface area contributed by atoms with Gasteiger partial charge in [0.2, 0.25) is 5.91 Å². The molecule has 0 saturated carbocycles.